The molecule has 0 radical (unpaired) electrons. The monoisotopic (exact) mass is 268 g/mol. The third kappa shape index (κ3) is 3.12. The number of hydrogen-bond donors (Lipinski definition) is 2. The summed E-state index contributed by atoms with van der Waals surface area (Å²) in [6.07, 6.45) is 2.66. The van der Waals surface area contributed by atoms with E-state index in [1.165, 1.54) is 4.88 Å². The highest BCUT2D eigenvalue weighted by molar-refractivity contribution is 7.10. The molecule has 0 bridgehead atoms. The van der Waals surface area contributed by atoms with Crippen LogP contribution in [0.5, 0.6) is 0 Å². The van der Waals surface area contributed by atoms with Crippen LogP contribution in [0.25, 0.3) is 0 Å². The minimum absolute atomic E-state index is 0.173. The molecule has 1 aromatic rings. The quantitative estimate of drug-likeness (QED) is 0.881. The molecule has 4 heteroatoms. The van der Waals surface area contributed by atoms with Gasteiger partial charge in [0, 0.05) is 24.0 Å². The number of piperidine rings is 1. The molecule has 102 valence electrons. The first-order chi connectivity index (χ1) is 8.53. The zero-order chi connectivity index (χ0) is 13.2. The van der Waals surface area contributed by atoms with Crippen LogP contribution in [0, 0.1) is 0 Å². The zero-order valence-electron chi connectivity index (χ0n) is 11.3. The summed E-state index contributed by atoms with van der Waals surface area (Å²) in [5.74, 6) is 0. The lowest BCUT2D eigenvalue weighted by atomic mass is 9.91. The molecule has 2 unspecified atom stereocenters. The van der Waals surface area contributed by atoms with Crippen molar-refractivity contribution in [3.05, 3.63) is 22.4 Å². The van der Waals surface area contributed by atoms with Crippen molar-refractivity contribution in [2.45, 2.75) is 50.8 Å². The number of rotatable bonds is 4. The second-order valence-corrected chi connectivity index (χ2v) is 6.54. The van der Waals surface area contributed by atoms with Crippen molar-refractivity contribution in [3.8, 4) is 0 Å². The highest BCUT2D eigenvalue weighted by Gasteiger charge is 2.33. The standard InChI is InChI=1S/C14H24N2OS/c1-3-11(15)13(12-5-4-10-18-12)16-8-6-14(2,17)7-9-16/h4-5,10-11,13,17H,3,6-9,15H2,1-2H3. The van der Waals surface area contributed by atoms with Crippen molar-refractivity contribution in [2.24, 2.45) is 5.73 Å². The number of nitrogens with two attached hydrogens (primary N) is 1. The maximum absolute atomic E-state index is 10.0. The van der Waals surface area contributed by atoms with Gasteiger partial charge < -0.3 is 10.8 Å². The van der Waals surface area contributed by atoms with Crippen molar-refractivity contribution in [1.82, 2.24) is 4.90 Å². The lowest BCUT2D eigenvalue weighted by molar-refractivity contribution is -0.0197. The second kappa shape index (κ2) is 5.70. The molecule has 0 aliphatic carbocycles. The fraction of sp³-hybridized carbons (Fsp3) is 0.714. The van der Waals surface area contributed by atoms with Crippen LogP contribution in [0.15, 0.2) is 17.5 Å². The highest BCUT2D eigenvalue weighted by atomic mass is 32.1. The third-order valence-corrected chi connectivity index (χ3v) is 4.92. The molecule has 3 N–H and O–H groups in total. The van der Waals surface area contributed by atoms with E-state index >= 15 is 0 Å². The minimum atomic E-state index is -0.493. The van der Waals surface area contributed by atoms with Gasteiger partial charge in [0.2, 0.25) is 0 Å². The molecule has 0 saturated carbocycles. The Morgan fingerprint density at radius 1 is 1.50 bits per heavy atom. The van der Waals surface area contributed by atoms with Crippen molar-refractivity contribution in [1.29, 1.82) is 0 Å². The summed E-state index contributed by atoms with van der Waals surface area (Å²) in [7, 11) is 0. The van der Waals surface area contributed by atoms with Crippen LogP contribution in [-0.4, -0.2) is 34.7 Å². The van der Waals surface area contributed by atoms with E-state index in [0.717, 1.165) is 32.4 Å². The predicted octanol–water partition coefficient (Wildman–Crippen LogP) is 2.37. The minimum Gasteiger partial charge on any atom is -0.390 e. The molecule has 2 heterocycles. The Morgan fingerprint density at radius 2 is 2.17 bits per heavy atom. The number of thiophene rings is 1. The van der Waals surface area contributed by atoms with Crippen molar-refractivity contribution in [3.63, 3.8) is 0 Å². The van der Waals surface area contributed by atoms with Gasteiger partial charge in [0.05, 0.1) is 11.6 Å². The maximum Gasteiger partial charge on any atom is 0.0644 e. The van der Waals surface area contributed by atoms with Crippen LogP contribution in [-0.2, 0) is 0 Å². The predicted molar refractivity (Wildman–Crippen MR) is 76.8 cm³/mol. The summed E-state index contributed by atoms with van der Waals surface area (Å²) in [5, 5.41) is 12.2. The van der Waals surface area contributed by atoms with E-state index in [-0.39, 0.29) is 6.04 Å². The Hall–Kier alpha value is -0.420. The Morgan fingerprint density at radius 3 is 2.67 bits per heavy atom. The molecule has 1 aliphatic rings. The Labute approximate surface area is 114 Å². The van der Waals surface area contributed by atoms with Gasteiger partial charge in [0.15, 0.2) is 0 Å². The summed E-state index contributed by atoms with van der Waals surface area (Å²) >= 11 is 1.78. The van der Waals surface area contributed by atoms with E-state index in [1.807, 2.05) is 6.92 Å². The summed E-state index contributed by atoms with van der Waals surface area (Å²) in [4.78, 5) is 3.80. The molecule has 0 aromatic carbocycles. The number of hydrogen-bond acceptors (Lipinski definition) is 4. The molecule has 1 aliphatic heterocycles. The SMILES string of the molecule is CCC(N)C(c1cccs1)N1CCC(C)(O)CC1. The first kappa shape index (κ1) is 14.0. The molecule has 0 amide bonds. The molecule has 3 nitrogen and oxygen atoms in total. The molecule has 2 atom stereocenters. The molecule has 1 fully saturated rings. The fourth-order valence-electron chi connectivity index (χ4n) is 2.63. The van der Waals surface area contributed by atoms with Gasteiger partial charge in [-0.15, -0.1) is 11.3 Å². The van der Waals surface area contributed by atoms with Gasteiger partial charge in [-0.05, 0) is 37.6 Å². The summed E-state index contributed by atoms with van der Waals surface area (Å²) in [6, 6.07) is 4.75. The van der Waals surface area contributed by atoms with Crippen molar-refractivity contribution < 1.29 is 5.11 Å². The molecular formula is C14H24N2OS. The Bertz CT molecular complexity index is 354. The maximum atomic E-state index is 10.0. The van der Waals surface area contributed by atoms with Gasteiger partial charge >= 0.3 is 0 Å². The fourth-order valence-corrected chi connectivity index (χ4v) is 3.56. The van der Waals surface area contributed by atoms with E-state index in [1.54, 1.807) is 11.3 Å². The molecule has 1 aromatic heterocycles. The van der Waals surface area contributed by atoms with Crippen LogP contribution in [0.1, 0.15) is 44.0 Å². The average Bonchev–Trinajstić information content (AvgIpc) is 2.85. The van der Waals surface area contributed by atoms with E-state index in [2.05, 4.69) is 29.3 Å². The van der Waals surface area contributed by atoms with E-state index < -0.39 is 5.60 Å². The highest BCUT2D eigenvalue weighted by Crippen LogP contribution is 2.33. The Balaban J connectivity index is 2.11. The van der Waals surface area contributed by atoms with Gasteiger partial charge in [-0.25, -0.2) is 0 Å². The summed E-state index contributed by atoms with van der Waals surface area (Å²) in [5.41, 5.74) is 5.82. The second-order valence-electron chi connectivity index (χ2n) is 5.57. The number of aliphatic hydroxyl groups is 1. The van der Waals surface area contributed by atoms with Gasteiger partial charge in [0.1, 0.15) is 0 Å². The first-order valence-electron chi connectivity index (χ1n) is 6.79. The molecule has 2 rings (SSSR count). The van der Waals surface area contributed by atoms with Gasteiger partial charge in [-0.2, -0.15) is 0 Å². The Kier molecular flexibility index (Phi) is 4.43. The average molecular weight is 268 g/mol. The van der Waals surface area contributed by atoms with Crippen LogP contribution in [0.3, 0.4) is 0 Å². The lowest BCUT2D eigenvalue weighted by Crippen LogP contribution is -2.48. The molecular weight excluding hydrogens is 244 g/mol. The zero-order valence-corrected chi connectivity index (χ0v) is 12.1. The molecule has 0 spiro atoms. The smallest absolute Gasteiger partial charge is 0.0644 e. The molecule has 1 saturated heterocycles. The van der Waals surface area contributed by atoms with Gasteiger partial charge in [-0.1, -0.05) is 13.0 Å². The first-order valence-corrected chi connectivity index (χ1v) is 7.67. The topological polar surface area (TPSA) is 49.5 Å². The van der Waals surface area contributed by atoms with E-state index in [0.29, 0.717) is 6.04 Å². The van der Waals surface area contributed by atoms with Crippen LogP contribution < -0.4 is 5.73 Å². The van der Waals surface area contributed by atoms with Gasteiger partial charge in [0.25, 0.3) is 0 Å². The van der Waals surface area contributed by atoms with E-state index in [4.69, 9.17) is 5.73 Å². The van der Waals surface area contributed by atoms with Crippen molar-refractivity contribution in [2.75, 3.05) is 13.1 Å². The largest absolute Gasteiger partial charge is 0.390 e. The molecule has 18 heavy (non-hydrogen) atoms. The summed E-state index contributed by atoms with van der Waals surface area (Å²) in [6.45, 7) is 5.95. The van der Waals surface area contributed by atoms with Crippen LogP contribution >= 0.6 is 11.3 Å². The summed E-state index contributed by atoms with van der Waals surface area (Å²) < 4.78 is 0. The lowest BCUT2D eigenvalue weighted by Gasteiger charge is -2.41. The normalized spacial score (nSPS) is 23.8. The van der Waals surface area contributed by atoms with Crippen molar-refractivity contribution >= 4 is 11.3 Å². The van der Waals surface area contributed by atoms with Crippen LogP contribution in [0.4, 0.5) is 0 Å². The number of likely N-dealkylation sites (tertiary alicyclic amines) is 1. The van der Waals surface area contributed by atoms with Crippen LogP contribution in [0.2, 0.25) is 0 Å². The number of nitrogens with zero attached hydrogens (tertiary/aromatic N) is 1. The third-order valence-electron chi connectivity index (χ3n) is 3.98. The van der Waals surface area contributed by atoms with E-state index in [9.17, 15) is 5.11 Å². The van der Waals surface area contributed by atoms with Gasteiger partial charge in [-0.3, -0.25) is 4.90 Å².